The van der Waals surface area contributed by atoms with Gasteiger partial charge in [-0.2, -0.15) is 0 Å². The van der Waals surface area contributed by atoms with E-state index >= 15 is 0 Å². The van der Waals surface area contributed by atoms with Gasteiger partial charge in [-0.1, -0.05) is 0 Å². The zero-order valence-electron chi connectivity index (χ0n) is 10.8. The first-order valence-electron chi connectivity index (χ1n) is 6.79. The van der Waals surface area contributed by atoms with Crippen LogP contribution < -0.4 is 10.7 Å². The minimum atomic E-state index is 0.0332. The fourth-order valence-corrected chi connectivity index (χ4v) is 2.19. The van der Waals surface area contributed by atoms with Crippen LogP contribution in [-0.4, -0.2) is 63.0 Å². The average molecular weight is 257 g/mol. The summed E-state index contributed by atoms with van der Waals surface area (Å²) in [6.07, 6.45) is 2.85. The monoisotopic (exact) mass is 257 g/mol. The Morgan fingerprint density at radius 3 is 2.78 bits per heavy atom. The van der Waals surface area contributed by atoms with Crippen molar-refractivity contribution in [1.29, 1.82) is 0 Å². The maximum absolute atomic E-state index is 11.7. The second kappa shape index (κ2) is 7.68. The van der Waals surface area contributed by atoms with Crippen molar-refractivity contribution in [3.63, 3.8) is 0 Å². The number of rotatable bonds is 5. The molecule has 0 saturated carbocycles. The Kier molecular flexibility index (Phi) is 5.86. The molecule has 0 aliphatic carbocycles. The molecule has 6 nitrogen and oxygen atoms in total. The molecule has 2 heterocycles. The number of nitrogens with one attached hydrogen (secondary N) is 2. The summed E-state index contributed by atoms with van der Waals surface area (Å²) in [6, 6.07) is 0. The molecule has 2 N–H and O–H groups in total. The molecule has 18 heavy (non-hydrogen) atoms. The first kappa shape index (κ1) is 13.7. The number of hydrazine groups is 1. The fraction of sp³-hybridized carbons (Fsp3) is 0.917. The summed E-state index contributed by atoms with van der Waals surface area (Å²) in [4.78, 5) is 11.7. The van der Waals surface area contributed by atoms with Crippen molar-refractivity contribution in [2.24, 2.45) is 0 Å². The summed E-state index contributed by atoms with van der Waals surface area (Å²) < 4.78 is 10.9. The highest BCUT2D eigenvalue weighted by Crippen LogP contribution is 2.07. The van der Waals surface area contributed by atoms with E-state index < -0.39 is 0 Å². The van der Waals surface area contributed by atoms with Gasteiger partial charge in [0, 0.05) is 13.1 Å². The van der Waals surface area contributed by atoms with E-state index in [1.54, 1.807) is 0 Å². The maximum atomic E-state index is 11.7. The topological polar surface area (TPSA) is 62.8 Å². The van der Waals surface area contributed by atoms with E-state index in [1.165, 1.54) is 0 Å². The van der Waals surface area contributed by atoms with E-state index in [2.05, 4.69) is 10.7 Å². The van der Waals surface area contributed by atoms with Gasteiger partial charge < -0.3 is 14.8 Å². The highest BCUT2D eigenvalue weighted by molar-refractivity contribution is 5.75. The molecule has 0 aromatic heterocycles. The summed E-state index contributed by atoms with van der Waals surface area (Å²) in [5.41, 5.74) is 2.88. The number of amides is 1. The molecule has 2 aliphatic heterocycles. The number of carbonyl (C=O) groups excluding carboxylic acids is 1. The van der Waals surface area contributed by atoms with Crippen LogP contribution in [0.2, 0.25) is 0 Å². The molecule has 0 bridgehead atoms. The summed E-state index contributed by atoms with van der Waals surface area (Å²) in [5.74, 6) is 0.0332. The third kappa shape index (κ3) is 4.89. The van der Waals surface area contributed by atoms with E-state index in [-0.39, 0.29) is 5.91 Å². The molecule has 1 amide bonds. The molecule has 0 spiro atoms. The number of nitrogens with zero attached hydrogens (tertiary/aromatic N) is 1. The zero-order valence-corrected chi connectivity index (χ0v) is 10.8. The lowest BCUT2D eigenvalue weighted by Crippen LogP contribution is -2.48. The average Bonchev–Trinajstić information content (AvgIpc) is 2.41. The lowest BCUT2D eigenvalue weighted by molar-refractivity contribution is -0.129. The minimum Gasteiger partial charge on any atom is -0.379 e. The molecule has 2 rings (SSSR count). The highest BCUT2D eigenvalue weighted by atomic mass is 16.5. The van der Waals surface area contributed by atoms with E-state index in [1.807, 2.05) is 5.01 Å². The van der Waals surface area contributed by atoms with Crippen LogP contribution in [0.5, 0.6) is 0 Å². The number of morpholine rings is 1. The lowest BCUT2D eigenvalue weighted by Gasteiger charge is -2.27. The van der Waals surface area contributed by atoms with E-state index in [4.69, 9.17) is 9.47 Å². The van der Waals surface area contributed by atoms with Crippen LogP contribution in [0.4, 0.5) is 0 Å². The third-order valence-electron chi connectivity index (χ3n) is 3.26. The van der Waals surface area contributed by atoms with Crippen molar-refractivity contribution in [2.75, 3.05) is 46.0 Å². The maximum Gasteiger partial charge on any atom is 0.236 e. The van der Waals surface area contributed by atoms with E-state index in [0.29, 0.717) is 32.3 Å². The molecular formula is C12H23N3O3. The SMILES string of the molecule is O=C(CCOC1CCNCC1)NN1CCOCC1. The van der Waals surface area contributed by atoms with Gasteiger partial charge >= 0.3 is 0 Å². The summed E-state index contributed by atoms with van der Waals surface area (Å²) in [7, 11) is 0. The second-order valence-electron chi connectivity index (χ2n) is 4.70. The molecule has 6 heteroatoms. The van der Waals surface area contributed by atoms with Gasteiger partial charge in [-0.3, -0.25) is 10.2 Å². The molecule has 2 fully saturated rings. The van der Waals surface area contributed by atoms with Gasteiger partial charge in [-0.25, -0.2) is 5.01 Å². The van der Waals surface area contributed by atoms with Crippen molar-refractivity contribution in [2.45, 2.75) is 25.4 Å². The predicted molar refractivity (Wildman–Crippen MR) is 67.0 cm³/mol. The Morgan fingerprint density at radius 2 is 2.06 bits per heavy atom. The van der Waals surface area contributed by atoms with Crippen molar-refractivity contribution in [1.82, 2.24) is 15.8 Å². The second-order valence-corrected chi connectivity index (χ2v) is 4.70. The highest BCUT2D eigenvalue weighted by Gasteiger charge is 2.15. The van der Waals surface area contributed by atoms with Crippen molar-refractivity contribution in [3.05, 3.63) is 0 Å². The molecule has 0 atom stereocenters. The Labute approximate surface area is 108 Å². The molecule has 2 aliphatic rings. The van der Waals surface area contributed by atoms with Crippen LogP contribution >= 0.6 is 0 Å². The van der Waals surface area contributed by atoms with Crippen molar-refractivity contribution < 1.29 is 14.3 Å². The van der Waals surface area contributed by atoms with Gasteiger partial charge in [0.2, 0.25) is 5.91 Å². The van der Waals surface area contributed by atoms with Crippen LogP contribution in [-0.2, 0) is 14.3 Å². The van der Waals surface area contributed by atoms with Crippen molar-refractivity contribution in [3.8, 4) is 0 Å². The Balaban J connectivity index is 1.53. The number of ether oxygens (including phenoxy) is 2. The molecule has 0 unspecified atom stereocenters. The van der Waals surface area contributed by atoms with Crippen LogP contribution in [0.15, 0.2) is 0 Å². The van der Waals surface area contributed by atoms with Gasteiger partial charge in [0.1, 0.15) is 0 Å². The molecule has 0 radical (unpaired) electrons. The predicted octanol–water partition coefficient (Wildman–Crippen LogP) is -0.491. The minimum absolute atomic E-state index is 0.0332. The number of piperidine rings is 1. The Morgan fingerprint density at radius 1 is 1.33 bits per heavy atom. The van der Waals surface area contributed by atoms with Crippen molar-refractivity contribution >= 4 is 5.91 Å². The molecule has 2 saturated heterocycles. The molecular weight excluding hydrogens is 234 g/mol. The largest absolute Gasteiger partial charge is 0.379 e. The standard InChI is InChI=1S/C12H23N3O3/c16-12(14-15-6-9-17-10-7-15)3-8-18-11-1-4-13-5-2-11/h11,13H,1-10H2,(H,14,16). The Bertz CT molecular complexity index is 251. The smallest absolute Gasteiger partial charge is 0.236 e. The van der Waals surface area contributed by atoms with E-state index in [9.17, 15) is 4.79 Å². The van der Waals surface area contributed by atoms with Crippen LogP contribution in [0.3, 0.4) is 0 Å². The zero-order chi connectivity index (χ0) is 12.6. The first-order valence-corrected chi connectivity index (χ1v) is 6.79. The van der Waals surface area contributed by atoms with Crippen LogP contribution in [0.25, 0.3) is 0 Å². The van der Waals surface area contributed by atoms with Crippen LogP contribution in [0.1, 0.15) is 19.3 Å². The van der Waals surface area contributed by atoms with Crippen LogP contribution in [0, 0.1) is 0 Å². The Hall–Kier alpha value is -0.690. The van der Waals surface area contributed by atoms with Gasteiger partial charge in [-0.05, 0) is 25.9 Å². The number of carbonyl (C=O) groups is 1. The first-order chi connectivity index (χ1) is 8.84. The van der Waals surface area contributed by atoms with E-state index in [0.717, 1.165) is 39.0 Å². The van der Waals surface area contributed by atoms with Gasteiger partial charge in [0.05, 0.1) is 32.3 Å². The third-order valence-corrected chi connectivity index (χ3v) is 3.26. The summed E-state index contributed by atoms with van der Waals surface area (Å²) in [6.45, 7) is 5.45. The fourth-order valence-electron chi connectivity index (χ4n) is 2.19. The summed E-state index contributed by atoms with van der Waals surface area (Å²) in [5, 5.41) is 5.20. The lowest BCUT2D eigenvalue weighted by atomic mass is 10.1. The molecule has 104 valence electrons. The van der Waals surface area contributed by atoms with Gasteiger partial charge in [0.15, 0.2) is 0 Å². The number of hydrogen-bond acceptors (Lipinski definition) is 5. The quantitative estimate of drug-likeness (QED) is 0.696. The molecule has 0 aromatic rings. The summed E-state index contributed by atoms with van der Waals surface area (Å²) >= 11 is 0. The van der Waals surface area contributed by atoms with Gasteiger partial charge in [-0.15, -0.1) is 0 Å². The molecule has 0 aromatic carbocycles. The van der Waals surface area contributed by atoms with Gasteiger partial charge in [0.25, 0.3) is 0 Å². The normalized spacial score (nSPS) is 22.9. The number of hydrogen-bond donors (Lipinski definition) is 2.